The Morgan fingerprint density at radius 3 is 1.76 bits per heavy atom. The number of aryl methyl sites for hydroxylation is 4. The first kappa shape index (κ1) is 40.7. The number of nitrogens with one attached hydrogen (secondary N) is 5. The number of furan rings is 1. The van der Waals surface area contributed by atoms with E-state index in [1.165, 1.54) is 22.3 Å². The first-order chi connectivity index (χ1) is 30.6. The number of hydrogen-bond donors (Lipinski definition) is 5. The smallest absolute Gasteiger partial charge is 0.318 e. The first-order valence-electron chi connectivity index (χ1n) is 21.2. The molecule has 0 atom stereocenters. The van der Waals surface area contributed by atoms with Crippen LogP contribution in [0.1, 0.15) is 58.1 Å². The minimum absolute atomic E-state index is 0.0163. The Morgan fingerprint density at radius 2 is 1.25 bits per heavy atom. The summed E-state index contributed by atoms with van der Waals surface area (Å²) in [6, 6.07) is 27.9. The second-order valence-corrected chi connectivity index (χ2v) is 15.9. The average molecular weight is 840 g/mol. The molecule has 5 aromatic heterocycles. The van der Waals surface area contributed by atoms with Gasteiger partial charge in [-0.15, -0.1) is 0 Å². The van der Waals surface area contributed by atoms with Crippen LogP contribution in [0.2, 0.25) is 0 Å². The van der Waals surface area contributed by atoms with Gasteiger partial charge >= 0.3 is 6.03 Å². The topological polar surface area (TPSA) is 168 Å². The van der Waals surface area contributed by atoms with Crippen molar-refractivity contribution in [3.8, 4) is 22.5 Å². The van der Waals surface area contributed by atoms with Crippen LogP contribution in [-0.4, -0.2) is 60.3 Å². The Balaban J connectivity index is 0.000000162. The van der Waals surface area contributed by atoms with Crippen LogP contribution in [0.4, 0.5) is 22.1 Å². The summed E-state index contributed by atoms with van der Waals surface area (Å²) < 4.78 is 9.76. The quantitative estimate of drug-likeness (QED) is 0.0901. The van der Waals surface area contributed by atoms with Crippen molar-refractivity contribution < 1.29 is 14.0 Å². The predicted molar refractivity (Wildman–Crippen MR) is 250 cm³/mol. The molecule has 1 aliphatic carbocycles. The number of hydrogen-bond acceptors (Lipinski definition) is 9. The highest BCUT2D eigenvalue weighted by molar-refractivity contribution is 5.95. The van der Waals surface area contributed by atoms with Crippen molar-refractivity contribution in [1.29, 1.82) is 0 Å². The van der Waals surface area contributed by atoms with Gasteiger partial charge in [-0.1, -0.05) is 24.3 Å². The van der Waals surface area contributed by atoms with Crippen LogP contribution in [0.5, 0.6) is 0 Å². The highest BCUT2D eigenvalue weighted by Gasteiger charge is 2.24. The van der Waals surface area contributed by atoms with Crippen molar-refractivity contribution in [2.75, 3.05) is 29.5 Å². The number of aromatic nitrogens is 6. The summed E-state index contributed by atoms with van der Waals surface area (Å²) in [5.74, 6) is 2.27. The number of benzene rings is 4. The number of amides is 3. The van der Waals surface area contributed by atoms with Gasteiger partial charge in [0, 0.05) is 42.0 Å². The Labute approximate surface area is 364 Å². The maximum atomic E-state index is 12.4. The molecule has 0 radical (unpaired) electrons. The molecule has 0 spiro atoms. The van der Waals surface area contributed by atoms with E-state index in [4.69, 9.17) is 19.4 Å². The molecule has 1 aliphatic rings. The lowest BCUT2D eigenvalue weighted by molar-refractivity contribution is 0.0951. The van der Waals surface area contributed by atoms with E-state index < -0.39 is 0 Å². The summed E-state index contributed by atoms with van der Waals surface area (Å²) >= 11 is 0. The molecule has 10 rings (SSSR count). The van der Waals surface area contributed by atoms with Crippen LogP contribution in [0.15, 0.2) is 108 Å². The molecule has 1 saturated carbocycles. The maximum Gasteiger partial charge on any atom is 0.318 e. The van der Waals surface area contributed by atoms with E-state index in [1.54, 1.807) is 13.3 Å². The summed E-state index contributed by atoms with van der Waals surface area (Å²) in [5.41, 5.74) is 15.5. The van der Waals surface area contributed by atoms with Gasteiger partial charge in [0.15, 0.2) is 22.9 Å². The van der Waals surface area contributed by atoms with Gasteiger partial charge in [0.25, 0.3) is 5.91 Å². The van der Waals surface area contributed by atoms with E-state index in [1.807, 2.05) is 80.0 Å². The zero-order valence-corrected chi connectivity index (χ0v) is 36.1. The van der Waals surface area contributed by atoms with E-state index in [0.29, 0.717) is 24.0 Å². The molecule has 5 heterocycles. The molecule has 14 heteroatoms. The highest BCUT2D eigenvalue weighted by atomic mass is 16.3. The molecule has 4 aromatic carbocycles. The third-order valence-corrected chi connectivity index (χ3v) is 11.5. The molecule has 14 nitrogen and oxygen atoms in total. The number of nitrogens with zero attached hydrogens (tertiary/aromatic N) is 6. The van der Waals surface area contributed by atoms with Gasteiger partial charge in [-0.2, -0.15) is 0 Å². The number of imidazole rings is 2. The van der Waals surface area contributed by atoms with Crippen molar-refractivity contribution in [3.05, 3.63) is 137 Å². The molecule has 0 unspecified atom stereocenters. The fourth-order valence-electron chi connectivity index (χ4n) is 7.58. The summed E-state index contributed by atoms with van der Waals surface area (Å²) in [6.07, 6.45) is 7.54. The summed E-state index contributed by atoms with van der Waals surface area (Å²) in [4.78, 5) is 43.0. The molecule has 0 saturated heterocycles. The molecular formula is C49H49N11O3. The largest absolute Gasteiger partial charge is 0.467 e. The van der Waals surface area contributed by atoms with Gasteiger partial charge in [0.2, 0.25) is 0 Å². The lowest BCUT2D eigenvalue weighted by Gasteiger charge is -2.13. The number of carbonyl (C=O) groups is 2. The van der Waals surface area contributed by atoms with Crippen LogP contribution >= 0.6 is 0 Å². The van der Waals surface area contributed by atoms with Gasteiger partial charge in [0.05, 0.1) is 58.7 Å². The van der Waals surface area contributed by atoms with Crippen LogP contribution in [0.3, 0.4) is 0 Å². The molecule has 63 heavy (non-hydrogen) atoms. The van der Waals surface area contributed by atoms with Crippen molar-refractivity contribution in [1.82, 2.24) is 39.4 Å². The lowest BCUT2D eigenvalue weighted by Crippen LogP contribution is -2.25. The Kier molecular flexibility index (Phi) is 10.9. The van der Waals surface area contributed by atoms with Crippen molar-refractivity contribution >= 4 is 62.6 Å². The van der Waals surface area contributed by atoms with Crippen molar-refractivity contribution in [3.63, 3.8) is 0 Å². The third-order valence-electron chi connectivity index (χ3n) is 11.5. The number of fused-ring (bicyclic) bond motifs is 6. The Bertz CT molecular complexity index is 3150. The number of urea groups is 1. The predicted octanol–water partition coefficient (Wildman–Crippen LogP) is 9.61. The summed E-state index contributed by atoms with van der Waals surface area (Å²) in [6.45, 7) is 11.7. The maximum absolute atomic E-state index is 12.4. The molecule has 3 amide bonds. The number of rotatable bonds is 10. The zero-order valence-electron chi connectivity index (χ0n) is 36.1. The second-order valence-electron chi connectivity index (χ2n) is 15.9. The number of anilines is 3. The van der Waals surface area contributed by atoms with Crippen LogP contribution in [0.25, 0.3) is 55.9 Å². The molecule has 318 valence electrons. The van der Waals surface area contributed by atoms with Gasteiger partial charge < -0.3 is 31.0 Å². The SMILES string of the molecule is CCNc1nc2cc(C)c(C)cc2n2c(-c3ccc(NC(=O)NC)cc3)cnc12.Cc1cc2nc(NCc3ccco3)c3ncc(-c4ccc(C(=O)NC5CC5)cc4)n3c2cc1C. The van der Waals surface area contributed by atoms with Crippen molar-refractivity contribution in [2.24, 2.45) is 0 Å². The van der Waals surface area contributed by atoms with E-state index in [9.17, 15) is 9.59 Å². The fraction of sp³-hybridized carbons (Fsp3) is 0.224. The Hall–Kier alpha value is -7.74. The minimum Gasteiger partial charge on any atom is -0.467 e. The number of carbonyl (C=O) groups excluding carboxylic acids is 2. The normalized spacial score (nSPS) is 12.3. The van der Waals surface area contributed by atoms with E-state index in [-0.39, 0.29) is 11.9 Å². The van der Waals surface area contributed by atoms with Crippen molar-refractivity contribution in [2.45, 2.75) is 60.0 Å². The van der Waals surface area contributed by atoms with Gasteiger partial charge in [-0.05, 0) is 130 Å². The molecular weight excluding hydrogens is 791 g/mol. The van der Waals surface area contributed by atoms with E-state index in [0.717, 1.165) is 92.5 Å². The summed E-state index contributed by atoms with van der Waals surface area (Å²) in [7, 11) is 1.59. The van der Waals surface area contributed by atoms with Gasteiger partial charge in [0.1, 0.15) is 5.76 Å². The first-order valence-corrected chi connectivity index (χ1v) is 21.2. The van der Waals surface area contributed by atoms with Gasteiger partial charge in [-0.25, -0.2) is 24.7 Å². The minimum atomic E-state index is -0.245. The molecule has 5 N–H and O–H groups in total. The lowest BCUT2D eigenvalue weighted by atomic mass is 10.1. The average Bonchev–Trinajstić information content (AvgIpc) is 3.62. The van der Waals surface area contributed by atoms with Crippen LogP contribution in [-0.2, 0) is 6.54 Å². The van der Waals surface area contributed by atoms with Crippen LogP contribution < -0.4 is 26.6 Å². The molecule has 1 fully saturated rings. The second kappa shape index (κ2) is 17.0. The monoisotopic (exact) mass is 839 g/mol. The summed E-state index contributed by atoms with van der Waals surface area (Å²) in [5, 5.41) is 15.1. The highest BCUT2D eigenvalue weighted by Crippen LogP contribution is 2.32. The van der Waals surface area contributed by atoms with E-state index >= 15 is 0 Å². The van der Waals surface area contributed by atoms with Crippen LogP contribution in [0, 0.1) is 27.7 Å². The fourth-order valence-corrected chi connectivity index (χ4v) is 7.58. The van der Waals surface area contributed by atoms with Gasteiger partial charge in [-0.3, -0.25) is 13.6 Å². The standard InChI is InChI=1S/C27H25N5O2.C22H24N6O/c1-16-12-22-23(13-17(16)2)32-24(18-5-7-19(8-6-18)27(33)30-20-9-10-20)15-29-26(32)25(31-22)28-14-21-4-3-11-34-21;1-5-24-20-21-25-12-19(15-6-8-16(9-7-15)26-22(29)23-4)28(21)18-11-14(3)13(2)10-17(18)27-20/h3-8,11-13,15,20H,9-10,14H2,1-2H3,(H,28,31)(H,30,33);6-12H,5H2,1-4H3,(H,24,27)(H2,23,26,29). The Morgan fingerprint density at radius 1 is 0.714 bits per heavy atom. The molecule has 0 aliphatic heterocycles. The molecule has 0 bridgehead atoms. The third kappa shape index (κ3) is 8.22. The molecule has 9 aromatic rings. The zero-order chi connectivity index (χ0) is 43.8. The van der Waals surface area contributed by atoms with E-state index in [2.05, 4.69) is 92.3 Å².